The number of rotatable bonds is 13. The number of carboxylic acid groups (broad SMARTS) is 1. The first-order valence-corrected chi connectivity index (χ1v) is 11.5. The summed E-state index contributed by atoms with van der Waals surface area (Å²) in [5, 5.41) is 12.7. The summed E-state index contributed by atoms with van der Waals surface area (Å²) < 4.78 is 11.6. The van der Waals surface area contributed by atoms with Gasteiger partial charge in [0.25, 0.3) is 0 Å². The molecule has 0 aromatic heterocycles. The maximum atomic E-state index is 12.2. The van der Waals surface area contributed by atoms with Crippen LogP contribution in [0, 0.1) is 0 Å². The van der Waals surface area contributed by atoms with Crippen molar-refractivity contribution < 1.29 is 24.2 Å². The fraction of sp³-hybridized carbons (Fsp3) is 0.462. The Balaban J connectivity index is 1.87. The highest BCUT2D eigenvalue weighted by Gasteiger charge is 2.36. The van der Waals surface area contributed by atoms with E-state index in [9.17, 15) is 14.7 Å². The minimum Gasteiger partial charge on any atom is -0.494 e. The van der Waals surface area contributed by atoms with Crippen molar-refractivity contribution in [3.05, 3.63) is 60.2 Å². The van der Waals surface area contributed by atoms with Crippen molar-refractivity contribution in [1.82, 2.24) is 10.2 Å². The van der Waals surface area contributed by atoms with E-state index < -0.39 is 11.6 Å². The normalized spacial score (nSPS) is 12.6. The first kappa shape index (κ1) is 26.0. The van der Waals surface area contributed by atoms with E-state index in [1.165, 1.54) is 0 Å². The van der Waals surface area contributed by atoms with Gasteiger partial charge >= 0.3 is 12.0 Å². The molecular weight excluding hydrogens is 420 g/mol. The highest BCUT2D eigenvalue weighted by atomic mass is 16.5. The van der Waals surface area contributed by atoms with E-state index in [2.05, 4.69) is 5.32 Å². The predicted molar refractivity (Wildman–Crippen MR) is 129 cm³/mol. The minimum absolute atomic E-state index is 0.0459. The second-order valence-corrected chi connectivity index (χ2v) is 8.57. The van der Waals surface area contributed by atoms with Gasteiger partial charge in [-0.2, -0.15) is 0 Å². The number of amides is 2. The average molecular weight is 457 g/mol. The number of carbonyl (C=O) groups is 2. The Morgan fingerprint density at radius 2 is 1.70 bits per heavy atom. The zero-order chi connectivity index (χ0) is 24.3. The number of carboxylic acids is 1. The van der Waals surface area contributed by atoms with E-state index in [-0.39, 0.29) is 18.5 Å². The summed E-state index contributed by atoms with van der Waals surface area (Å²) in [6.45, 7) is 9.33. The van der Waals surface area contributed by atoms with Gasteiger partial charge in [0.1, 0.15) is 11.5 Å². The van der Waals surface area contributed by atoms with Gasteiger partial charge in [-0.3, -0.25) is 0 Å². The second kappa shape index (κ2) is 12.7. The molecule has 0 aliphatic rings. The van der Waals surface area contributed by atoms with Gasteiger partial charge < -0.3 is 24.8 Å². The molecule has 2 aromatic rings. The van der Waals surface area contributed by atoms with E-state index in [0.29, 0.717) is 31.2 Å². The molecule has 0 saturated heterocycles. The lowest BCUT2D eigenvalue weighted by molar-refractivity contribution is -0.153. The number of hydrogen-bond donors (Lipinski definition) is 2. The molecule has 0 fully saturated rings. The molecule has 2 N–H and O–H groups in total. The number of nitrogens with zero attached hydrogens (tertiary/aromatic N) is 1. The summed E-state index contributed by atoms with van der Waals surface area (Å²) in [4.78, 5) is 26.0. The maximum Gasteiger partial charge on any atom is 0.348 e. The lowest BCUT2D eigenvalue weighted by Crippen LogP contribution is -2.44. The summed E-state index contributed by atoms with van der Waals surface area (Å²) in [5.41, 5.74) is -0.550. The van der Waals surface area contributed by atoms with Crippen molar-refractivity contribution in [3.63, 3.8) is 0 Å². The molecule has 2 aromatic carbocycles. The van der Waals surface area contributed by atoms with Gasteiger partial charge in [0.2, 0.25) is 5.60 Å². The summed E-state index contributed by atoms with van der Waals surface area (Å²) in [7, 11) is 0. The molecule has 2 amide bonds. The maximum absolute atomic E-state index is 12.2. The topological polar surface area (TPSA) is 88.1 Å². The summed E-state index contributed by atoms with van der Waals surface area (Å²) in [5.74, 6) is 0.194. The summed E-state index contributed by atoms with van der Waals surface area (Å²) in [6.07, 6.45) is 1.83. The molecular formula is C26H36N2O5. The van der Waals surface area contributed by atoms with Crippen molar-refractivity contribution in [2.45, 2.75) is 58.6 Å². The van der Waals surface area contributed by atoms with Gasteiger partial charge in [0, 0.05) is 25.6 Å². The van der Waals surface area contributed by atoms with Crippen molar-refractivity contribution in [3.8, 4) is 11.5 Å². The first-order chi connectivity index (χ1) is 15.7. The summed E-state index contributed by atoms with van der Waals surface area (Å²) in [6, 6.07) is 16.4. The van der Waals surface area contributed by atoms with Crippen LogP contribution in [0.3, 0.4) is 0 Å². The molecule has 0 heterocycles. The average Bonchev–Trinajstić information content (AvgIpc) is 2.77. The van der Waals surface area contributed by atoms with Crippen LogP contribution in [0.5, 0.6) is 11.5 Å². The highest BCUT2D eigenvalue weighted by Crippen LogP contribution is 2.24. The van der Waals surface area contributed by atoms with Crippen LogP contribution in [0.2, 0.25) is 0 Å². The van der Waals surface area contributed by atoms with Crippen molar-refractivity contribution in [1.29, 1.82) is 0 Å². The quantitative estimate of drug-likeness (QED) is 0.425. The molecule has 0 spiro atoms. The number of benzene rings is 2. The van der Waals surface area contributed by atoms with Crippen molar-refractivity contribution in [2.24, 2.45) is 0 Å². The second-order valence-electron chi connectivity index (χ2n) is 8.57. The predicted octanol–water partition coefficient (Wildman–Crippen LogP) is 4.75. The number of ether oxygens (including phenoxy) is 2. The van der Waals surface area contributed by atoms with Gasteiger partial charge in [-0.05, 0) is 63.4 Å². The molecule has 7 nitrogen and oxygen atoms in total. The Morgan fingerprint density at radius 3 is 2.27 bits per heavy atom. The van der Waals surface area contributed by atoms with Crippen molar-refractivity contribution in [2.75, 3.05) is 19.7 Å². The van der Waals surface area contributed by atoms with Crippen LogP contribution in [0.15, 0.2) is 54.6 Å². The van der Waals surface area contributed by atoms with Gasteiger partial charge in [-0.15, -0.1) is 0 Å². The number of urea groups is 1. The van der Waals surface area contributed by atoms with Gasteiger partial charge in [-0.25, -0.2) is 9.59 Å². The highest BCUT2D eigenvalue weighted by molar-refractivity contribution is 5.78. The number of hydrogen-bond acceptors (Lipinski definition) is 4. The van der Waals surface area contributed by atoms with Crippen LogP contribution in [0.25, 0.3) is 0 Å². The number of carbonyl (C=O) groups excluding carboxylic acids is 1. The van der Waals surface area contributed by atoms with E-state index in [1.807, 2.05) is 68.1 Å². The van der Waals surface area contributed by atoms with Crippen molar-refractivity contribution >= 4 is 12.0 Å². The zero-order valence-corrected chi connectivity index (χ0v) is 20.0. The van der Waals surface area contributed by atoms with E-state index >= 15 is 0 Å². The molecule has 0 bridgehead atoms. The monoisotopic (exact) mass is 456 g/mol. The fourth-order valence-corrected chi connectivity index (χ4v) is 3.37. The molecule has 0 aliphatic carbocycles. The number of para-hydroxylation sites is 1. The third-order valence-corrected chi connectivity index (χ3v) is 5.04. The Kier molecular flexibility index (Phi) is 10.0. The lowest BCUT2D eigenvalue weighted by atomic mass is 9.96. The van der Waals surface area contributed by atoms with Gasteiger partial charge in [0.15, 0.2) is 0 Å². The molecule has 2 rings (SSSR count). The molecule has 0 aliphatic heterocycles. The Morgan fingerprint density at radius 1 is 1.03 bits per heavy atom. The van der Waals surface area contributed by atoms with Crippen LogP contribution >= 0.6 is 0 Å². The van der Waals surface area contributed by atoms with Gasteiger partial charge in [-0.1, -0.05) is 37.3 Å². The van der Waals surface area contributed by atoms with Crippen LogP contribution in [-0.4, -0.2) is 53.3 Å². The number of nitrogens with one attached hydrogen (secondary N) is 1. The summed E-state index contributed by atoms with van der Waals surface area (Å²) >= 11 is 0. The standard InChI is InChI=1S/C26H36N2O5/c1-5-16-28(25(31)27-20(2)3)17-9-18-32-22-14-12-21(13-15-22)19-26(4,24(29)30)33-23-10-7-6-8-11-23/h6-8,10-15,20H,5,9,16-19H2,1-4H3,(H,27,31)(H,29,30)/t26-/m0/s1. The lowest BCUT2D eigenvalue weighted by Gasteiger charge is -2.26. The number of aliphatic carboxylic acids is 1. The Labute approximate surface area is 196 Å². The molecule has 0 saturated carbocycles. The third kappa shape index (κ3) is 8.67. The van der Waals surface area contributed by atoms with Crippen LogP contribution < -0.4 is 14.8 Å². The zero-order valence-electron chi connectivity index (χ0n) is 20.0. The van der Waals surface area contributed by atoms with Gasteiger partial charge in [0.05, 0.1) is 6.61 Å². The molecule has 1 atom stereocenters. The van der Waals surface area contributed by atoms with E-state index in [4.69, 9.17) is 9.47 Å². The first-order valence-electron chi connectivity index (χ1n) is 11.5. The third-order valence-electron chi connectivity index (χ3n) is 5.04. The Hall–Kier alpha value is -3.22. The van der Waals surface area contributed by atoms with Crippen LogP contribution in [0.1, 0.15) is 46.1 Å². The molecule has 0 unspecified atom stereocenters. The fourth-order valence-electron chi connectivity index (χ4n) is 3.37. The molecule has 33 heavy (non-hydrogen) atoms. The largest absolute Gasteiger partial charge is 0.494 e. The van der Waals surface area contributed by atoms with Crippen LogP contribution in [-0.2, 0) is 11.2 Å². The molecule has 180 valence electrons. The van der Waals surface area contributed by atoms with E-state index in [1.54, 1.807) is 19.1 Å². The molecule has 7 heteroatoms. The Bertz CT molecular complexity index is 870. The van der Waals surface area contributed by atoms with E-state index in [0.717, 1.165) is 18.4 Å². The van der Waals surface area contributed by atoms with Crippen LogP contribution in [0.4, 0.5) is 4.79 Å². The minimum atomic E-state index is -1.39. The molecule has 0 radical (unpaired) electrons. The smallest absolute Gasteiger partial charge is 0.348 e. The SMILES string of the molecule is CCCN(CCCOc1ccc(C[C@](C)(Oc2ccccc2)C(=O)O)cc1)C(=O)NC(C)C.